The van der Waals surface area contributed by atoms with Crippen molar-refractivity contribution < 1.29 is 9.47 Å². The number of hydrogen-bond donors (Lipinski definition) is 0. The van der Waals surface area contributed by atoms with Gasteiger partial charge in [-0.15, -0.1) is 0 Å². The van der Waals surface area contributed by atoms with Gasteiger partial charge in [-0.2, -0.15) is 0 Å². The van der Waals surface area contributed by atoms with E-state index in [2.05, 4.69) is 35.2 Å². The van der Waals surface area contributed by atoms with Crippen LogP contribution in [0.3, 0.4) is 0 Å². The summed E-state index contributed by atoms with van der Waals surface area (Å²) in [4.78, 5) is 2.60. The van der Waals surface area contributed by atoms with Crippen molar-refractivity contribution in [3.8, 4) is 0 Å². The van der Waals surface area contributed by atoms with Gasteiger partial charge >= 0.3 is 0 Å². The Kier molecular flexibility index (Phi) is 5.67. The lowest BCUT2D eigenvalue weighted by atomic mass is 9.99. The monoisotopic (exact) mass is 289 g/mol. The molecular formula is C18H27NO2. The molecule has 2 aliphatic rings. The van der Waals surface area contributed by atoms with Crippen molar-refractivity contribution in [3.05, 3.63) is 35.9 Å². The first-order valence-electron chi connectivity index (χ1n) is 8.36. The highest BCUT2D eigenvalue weighted by molar-refractivity contribution is 5.13. The number of hydrogen-bond acceptors (Lipinski definition) is 3. The van der Waals surface area contributed by atoms with Crippen molar-refractivity contribution in [3.63, 3.8) is 0 Å². The summed E-state index contributed by atoms with van der Waals surface area (Å²) in [6.45, 7) is 6.25. The van der Waals surface area contributed by atoms with E-state index in [1.54, 1.807) is 0 Å². The second-order valence-electron chi connectivity index (χ2n) is 6.38. The summed E-state index contributed by atoms with van der Waals surface area (Å²) in [5, 5.41) is 0. The van der Waals surface area contributed by atoms with Crippen molar-refractivity contribution in [2.75, 3.05) is 32.8 Å². The molecule has 1 atom stereocenters. The molecule has 0 bridgehead atoms. The number of likely N-dealkylation sites (tertiary alicyclic amines) is 1. The molecule has 2 aliphatic heterocycles. The van der Waals surface area contributed by atoms with Gasteiger partial charge in [0.25, 0.3) is 0 Å². The molecule has 1 aromatic rings. The molecule has 116 valence electrons. The molecule has 3 nitrogen and oxygen atoms in total. The Morgan fingerprint density at radius 1 is 1.10 bits per heavy atom. The number of rotatable bonds is 5. The zero-order valence-electron chi connectivity index (χ0n) is 12.9. The quantitative estimate of drug-likeness (QED) is 0.831. The smallest absolute Gasteiger partial charge is 0.0720 e. The van der Waals surface area contributed by atoms with Gasteiger partial charge in [-0.1, -0.05) is 30.3 Å². The molecule has 0 N–H and O–H groups in total. The predicted octanol–water partition coefficient (Wildman–Crippen LogP) is 3.09. The molecule has 0 amide bonds. The lowest BCUT2D eigenvalue weighted by Gasteiger charge is -2.35. The van der Waals surface area contributed by atoms with Crippen molar-refractivity contribution in [1.82, 2.24) is 4.90 Å². The Morgan fingerprint density at radius 2 is 1.90 bits per heavy atom. The number of benzene rings is 1. The van der Waals surface area contributed by atoms with Crippen LogP contribution >= 0.6 is 0 Å². The molecule has 0 saturated carbocycles. The van der Waals surface area contributed by atoms with Gasteiger partial charge in [0.2, 0.25) is 0 Å². The number of ether oxygens (including phenoxy) is 2. The highest BCUT2D eigenvalue weighted by Gasteiger charge is 2.23. The Hall–Kier alpha value is -0.900. The van der Waals surface area contributed by atoms with Crippen LogP contribution in [0.5, 0.6) is 0 Å². The minimum Gasteiger partial charge on any atom is -0.381 e. The van der Waals surface area contributed by atoms with E-state index in [4.69, 9.17) is 9.47 Å². The molecule has 2 saturated heterocycles. The first kappa shape index (κ1) is 15.0. The largest absolute Gasteiger partial charge is 0.381 e. The minimum absolute atomic E-state index is 0.434. The molecule has 0 spiro atoms. The maximum Gasteiger partial charge on any atom is 0.0720 e. The molecule has 0 radical (unpaired) electrons. The van der Waals surface area contributed by atoms with Crippen molar-refractivity contribution in [2.45, 2.75) is 38.4 Å². The van der Waals surface area contributed by atoms with Crippen LogP contribution < -0.4 is 0 Å². The van der Waals surface area contributed by atoms with Gasteiger partial charge in [0.15, 0.2) is 0 Å². The first-order valence-corrected chi connectivity index (χ1v) is 8.36. The SMILES string of the molecule is c1ccc(COC2CCN(CC3CCCOC3)CC2)cc1. The van der Waals surface area contributed by atoms with Crippen LogP contribution in [0, 0.1) is 5.92 Å². The maximum absolute atomic E-state index is 6.06. The van der Waals surface area contributed by atoms with Crippen molar-refractivity contribution in [2.24, 2.45) is 5.92 Å². The van der Waals surface area contributed by atoms with Gasteiger partial charge in [0.05, 0.1) is 19.3 Å². The van der Waals surface area contributed by atoms with Crippen molar-refractivity contribution >= 4 is 0 Å². The van der Waals surface area contributed by atoms with E-state index in [9.17, 15) is 0 Å². The maximum atomic E-state index is 6.06. The Morgan fingerprint density at radius 3 is 2.62 bits per heavy atom. The van der Waals surface area contributed by atoms with E-state index in [0.29, 0.717) is 6.10 Å². The molecule has 3 heteroatoms. The Labute approximate surface area is 128 Å². The molecular weight excluding hydrogens is 262 g/mol. The predicted molar refractivity (Wildman–Crippen MR) is 84.2 cm³/mol. The topological polar surface area (TPSA) is 21.7 Å². The summed E-state index contributed by atoms with van der Waals surface area (Å²) in [6.07, 6.45) is 5.34. The first-order chi connectivity index (χ1) is 10.4. The summed E-state index contributed by atoms with van der Waals surface area (Å²) in [5.41, 5.74) is 1.28. The second kappa shape index (κ2) is 7.92. The average Bonchev–Trinajstić information content (AvgIpc) is 2.56. The molecule has 2 heterocycles. The van der Waals surface area contributed by atoms with Crippen molar-refractivity contribution in [1.29, 1.82) is 0 Å². The fourth-order valence-electron chi connectivity index (χ4n) is 3.36. The third-order valence-electron chi connectivity index (χ3n) is 4.63. The third kappa shape index (κ3) is 4.80. The van der Waals surface area contributed by atoms with Crippen LogP contribution in [0.25, 0.3) is 0 Å². The van der Waals surface area contributed by atoms with E-state index in [1.165, 1.54) is 50.9 Å². The average molecular weight is 289 g/mol. The van der Waals surface area contributed by atoms with Crippen LogP contribution in [0.15, 0.2) is 30.3 Å². The number of nitrogens with zero attached hydrogens (tertiary/aromatic N) is 1. The molecule has 1 aromatic carbocycles. The van der Waals surface area contributed by atoms with Crippen LogP contribution in [0.4, 0.5) is 0 Å². The lowest BCUT2D eigenvalue weighted by Crippen LogP contribution is -2.41. The van der Waals surface area contributed by atoms with Gasteiger partial charge in [0.1, 0.15) is 0 Å². The molecule has 0 aliphatic carbocycles. The molecule has 2 fully saturated rings. The summed E-state index contributed by atoms with van der Waals surface area (Å²) >= 11 is 0. The Bertz CT molecular complexity index is 395. The van der Waals surface area contributed by atoms with Gasteiger partial charge in [0, 0.05) is 26.2 Å². The van der Waals surface area contributed by atoms with E-state index < -0.39 is 0 Å². The normalized spacial score (nSPS) is 25.0. The van der Waals surface area contributed by atoms with E-state index in [-0.39, 0.29) is 0 Å². The van der Waals surface area contributed by atoms with Gasteiger partial charge in [-0.25, -0.2) is 0 Å². The standard InChI is InChI=1S/C18H27NO2/c1-2-5-16(6-3-1)15-21-18-8-10-19(11-9-18)13-17-7-4-12-20-14-17/h1-3,5-6,17-18H,4,7-15H2. The highest BCUT2D eigenvalue weighted by Crippen LogP contribution is 2.20. The van der Waals surface area contributed by atoms with E-state index in [0.717, 1.165) is 25.7 Å². The van der Waals surface area contributed by atoms with Gasteiger partial charge in [-0.05, 0) is 37.2 Å². The van der Waals surface area contributed by atoms with Gasteiger partial charge < -0.3 is 14.4 Å². The zero-order chi connectivity index (χ0) is 14.3. The third-order valence-corrected chi connectivity index (χ3v) is 4.63. The lowest BCUT2D eigenvalue weighted by molar-refractivity contribution is -0.0143. The molecule has 21 heavy (non-hydrogen) atoms. The van der Waals surface area contributed by atoms with Crippen LogP contribution in [-0.2, 0) is 16.1 Å². The number of piperidine rings is 1. The molecule has 3 rings (SSSR count). The minimum atomic E-state index is 0.434. The highest BCUT2D eigenvalue weighted by atomic mass is 16.5. The summed E-state index contributed by atoms with van der Waals surface area (Å²) in [6, 6.07) is 10.5. The summed E-state index contributed by atoms with van der Waals surface area (Å²) in [7, 11) is 0. The Balaban J connectivity index is 1.35. The molecule has 1 unspecified atom stereocenters. The zero-order valence-corrected chi connectivity index (χ0v) is 12.9. The summed E-state index contributed by atoms with van der Waals surface area (Å²) < 4.78 is 11.6. The van der Waals surface area contributed by atoms with Crippen LogP contribution in [0.1, 0.15) is 31.2 Å². The van der Waals surface area contributed by atoms with E-state index in [1.807, 2.05) is 0 Å². The van der Waals surface area contributed by atoms with Gasteiger partial charge in [-0.3, -0.25) is 0 Å². The fourth-order valence-corrected chi connectivity index (χ4v) is 3.36. The molecule has 0 aromatic heterocycles. The van der Waals surface area contributed by atoms with Crippen LogP contribution in [-0.4, -0.2) is 43.9 Å². The fraction of sp³-hybridized carbons (Fsp3) is 0.667. The van der Waals surface area contributed by atoms with Crippen LogP contribution in [0.2, 0.25) is 0 Å². The summed E-state index contributed by atoms with van der Waals surface area (Å²) in [5.74, 6) is 0.750. The van der Waals surface area contributed by atoms with E-state index >= 15 is 0 Å². The second-order valence-corrected chi connectivity index (χ2v) is 6.38.